The van der Waals surface area contributed by atoms with Gasteiger partial charge >= 0.3 is 0 Å². The summed E-state index contributed by atoms with van der Waals surface area (Å²) in [5, 5.41) is 0. The van der Waals surface area contributed by atoms with Gasteiger partial charge in [-0.2, -0.15) is 0 Å². The lowest BCUT2D eigenvalue weighted by atomic mass is 9.79. The van der Waals surface area contributed by atoms with Crippen LogP contribution in [0.5, 0.6) is 0 Å². The lowest BCUT2D eigenvalue weighted by Gasteiger charge is -2.41. The minimum absolute atomic E-state index is 0.00944. The molecule has 2 unspecified atom stereocenters. The lowest BCUT2D eigenvalue weighted by Crippen LogP contribution is -2.49. The van der Waals surface area contributed by atoms with Gasteiger partial charge in [0.2, 0.25) is 0 Å². The van der Waals surface area contributed by atoms with Crippen molar-refractivity contribution in [3.63, 3.8) is 0 Å². The Bertz CT molecular complexity index is 148. The Kier molecular flexibility index (Phi) is 2.79. The highest BCUT2D eigenvalue weighted by Crippen LogP contribution is 2.28. The van der Waals surface area contributed by atoms with Gasteiger partial charge in [-0.05, 0) is 53.1 Å². The second kappa shape index (κ2) is 3.35. The molecular weight excluding hydrogens is 148 g/mol. The summed E-state index contributed by atoms with van der Waals surface area (Å²) in [6.45, 7) is 7.79. The summed E-state index contributed by atoms with van der Waals surface area (Å²) < 4.78 is 0. The van der Waals surface area contributed by atoms with Crippen LogP contribution in [0.2, 0.25) is 0 Å². The Morgan fingerprint density at radius 3 is 2.42 bits per heavy atom. The van der Waals surface area contributed by atoms with E-state index in [9.17, 15) is 0 Å². The van der Waals surface area contributed by atoms with Crippen LogP contribution in [0.25, 0.3) is 0 Å². The number of piperidine rings is 1. The summed E-state index contributed by atoms with van der Waals surface area (Å²) in [4.78, 5) is 2.42. The highest BCUT2D eigenvalue weighted by atomic mass is 15.1. The predicted octanol–water partition coefficient (Wildman–Crippen LogP) is 1.45. The average molecular weight is 170 g/mol. The molecule has 1 fully saturated rings. The van der Waals surface area contributed by atoms with E-state index in [0.29, 0.717) is 12.0 Å². The fourth-order valence-electron chi connectivity index (χ4n) is 1.97. The molecule has 1 saturated heterocycles. The Morgan fingerprint density at radius 1 is 1.42 bits per heavy atom. The van der Waals surface area contributed by atoms with Crippen molar-refractivity contribution in [1.29, 1.82) is 0 Å². The normalized spacial score (nSPS) is 33.8. The third-order valence-corrected chi connectivity index (χ3v) is 3.26. The van der Waals surface area contributed by atoms with Crippen molar-refractivity contribution in [2.24, 2.45) is 11.7 Å². The Morgan fingerprint density at radius 2 is 2.00 bits per heavy atom. The van der Waals surface area contributed by atoms with E-state index in [4.69, 9.17) is 5.73 Å². The molecule has 2 atom stereocenters. The molecule has 0 aromatic heterocycles. The van der Waals surface area contributed by atoms with Crippen LogP contribution in [0.15, 0.2) is 0 Å². The molecule has 0 spiro atoms. The molecule has 1 aliphatic rings. The maximum atomic E-state index is 6.10. The van der Waals surface area contributed by atoms with Crippen LogP contribution in [-0.2, 0) is 0 Å². The van der Waals surface area contributed by atoms with Crippen LogP contribution in [0.1, 0.15) is 33.6 Å². The fraction of sp³-hybridized carbons (Fsp3) is 1.00. The van der Waals surface area contributed by atoms with Gasteiger partial charge in [-0.25, -0.2) is 0 Å². The molecule has 0 aliphatic carbocycles. The number of nitrogens with two attached hydrogens (primary N) is 1. The van der Waals surface area contributed by atoms with Crippen LogP contribution in [-0.4, -0.2) is 30.1 Å². The molecule has 0 bridgehead atoms. The van der Waals surface area contributed by atoms with Gasteiger partial charge in [0, 0.05) is 11.6 Å². The first-order chi connectivity index (χ1) is 5.41. The van der Waals surface area contributed by atoms with Gasteiger partial charge in [0.25, 0.3) is 0 Å². The van der Waals surface area contributed by atoms with Crippen molar-refractivity contribution < 1.29 is 0 Å². The van der Waals surface area contributed by atoms with Crippen molar-refractivity contribution in [2.75, 3.05) is 13.6 Å². The molecule has 2 N–H and O–H groups in total. The first-order valence-corrected chi connectivity index (χ1v) is 4.90. The van der Waals surface area contributed by atoms with Gasteiger partial charge in [-0.1, -0.05) is 0 Å². The lowest BCUT2D eigenvalue weighted by molar-refractivity contribution is 0.116. The predicted molar refractivity (Wildman–Crippen MR) is 53.1 cm³/mol. The highest BCUT2D eigenvalue weighted by Gasteiger charge is 2.31. The van der Waals surface area contributed by atoms with E-state index in [1.54, 1.807) is 0 Å². The molecule has 12 heavy (non-hydrogen) atoms. The third kappa shape index (κ3) is 2.20. The summed E-state index contributed by atoms with van der Waals surface area (Å²) in [7, 11) is 2.20. The van der Waals surface area contributed by atoms with Gasteiger partial charge in [0.05, 0.1) is 0 Å². The Labute approximate surface area is 76.1 Å². The quantitative estimate of drug-likeness (QED) is 0.645. The van der Waals surface area contributed by atoms with Gasteiger partial charge < -0.3 is 10.6 Å². The highest BCUT2D eigenvalue weighted by molar-refractivity contribution is 4.88. The van der Waals surface area contributed by atoms with E-state index >= 15 is 0 Å². The van der Waals surface area contributed by atoms with Crippen LogP contribution in [0, 0.1) is 5.92 Å². The molecule has 1 rings (SSSR count). The fourth-order valence-corrected chi connectivity index (χ4v) is 1.97. The molecule has 0 aromatic rings. The molecule has 0 saturated carbocycles. The molecule has 2 heteroatoms. The van der Waals surface area contributed by atoms with Crippen molar-refractivity contribution in [1.82, 2.24) is 4.90 Å². The molecule has 1 heterocycles. The summed E-state index contributed by atoms with van der Waals surface area (Å²) in [5.74, 6) is 0.698. The molecule has 0 radical (unpaired) electrons. The Balaban J connectivity index is 2.51. The Hall–Kier alpha value is -0.0800. The van der Waals surface area contributed by atoms with Gasteiger partial charge in [0.1, 0.15) is 0 Å². The molecule has 72 valence electrons. The molecule has 0 amide bonds. The summed E-state index contributed by atoms with van der Waals surface area (Å²) in [6.07, 6.45) is 2.50. The maximum absolute atomic E-state index is 6.10. The summed E-state index contributed by atoms with van der Waals surface area (Å²) in [6, 6.07) is 0.701. The van der Waals surface area contributed by atoms with E-state index in [-0.39, 0.29) is 5.54 Å². The van der Waals surface area contributed by atoms with Gasteiger partial charge in [-0.3, -0.25) is 0 Å². The SMILES string of the molecule is CC1CC(C(C)(C)N)CCN1C. The zero-order valence-electron chi connectivity index (χ0n) is 8.80. The average Bonchev–Trinajstić information content (AvgIpc) is 1.92. The first kappa shape index (κ1) is 10.0. The third-order valence-electron chi connectivity index (χ3n) is 3.26. The second-order valence-corrected chi connectivity index (χ2v) is 4.87. The molecule has 2 nitrogen and oxygen atoms in total. The molecular formula is C10H22N2. The number of nitrogens with zero attached hydrogens (tertiary/aromatic N) is 1. The van der Waals surface area contributed by atoms with E-state index < -0.39 is 0 Å². The first-order valence-electron chi connectivity index (χ1n) is 4.90. The van der Waals surface area contributed by atoms with E-state index in [0.717, 1.165) is 0 Å². The van der Waals surface area contributed by atoms with E-state index in [1.807, 2.05) is 0 Å². The maximum Gasteiger partial charge on any atom is 0.0126 e. The number of hydrogen-bond acceptors (Lipinski definition) is 2. The van der Waals surface area contributed by atoms with Crippen LogP contribution < -0.4 is 5.73 Å². The van der Waals surface area contributed by atoms with Crippen LogP contribution >= 0.6 is 0 Å². The van der Waals surface area contributed by atoms with Gasteiger partial charge in [0.15, 0.2) is 0 Å². The topological polar surface area (TPSA) is 29.3 Å². The van der Waals surface area contributed by atoms with Crippen molar-refractivity contribution in [2.45, 2.75) is 45.2 Å². The minimum Gasteiger partial charge on any atom is -0.325 e. The van der Waals surface area contributed by atoms with Crippen molar-refractivity contribution in [3.8, 4) is 0 Å². The minimum atomic E-state index is 0.00944. The number of hydrogen-bond donors (Lipinski definition) is 1. The zero-order valence-corrected chi connectivity index (χ0v) is 8.80. The van der Waals surface area contributed by atoms with E-state index in [2.05, 4.69) is 32.7 Å². The number of rotatable bonds is 1. The molecule has 1 aliphatic heterocycles. The number of likely N-dealkylation sites (tertiary alicyclic amines) is 1. The largest absolute Gasteiger partial charge is 0.325 e. The van der Waals surface area contributed by atoms with E-state index in [1.165, 1.54) is 19.4 Å². The summed E-state index contributed by atoms with van der Waals surface area (Å²) in [5.41, 5.74) is 6.11. The van der Waals surface area contributed by atoms with Crippen molar-refractivity contribution in [3.05, 3.63) is 0 Å². The smallest absolute Gasteiger partial charge is 0.0126 e. The summed E-state index contributed by atoms with van der Waals surface area (Å²) >= 11 is 0. The second-order valence-electron chi connectivity index (χ2n) is 4.87. The van der Waals surface area contributed by atoms with Crippen LogP contribution in [0.4, 0.5) is 0 Å². The zero-order chi connectivity index (χ0) is 9.35. The monoisotopic (exact) mass is 170 g/mol. The standard InChI is InChI=1S/C10H22N2/c1-8-7-9(10(2,3)11)5-6-12(8)4/h8-9H,5-7,11H2,1-4H3. The van der Waals surface area contributed by atoms with Gasteiger partial charge in [-0.15, -0.1) is 0 Å². The molecule has 0 aromatic carbocycles. The van der Waals surface area contributed by atoms with Crippen LogP contribution in [0.3, 0.4) is 0 Å². The van der Waals surface area contributed by atoms with Crippen molar-refractivity contribution >= 4 is 0 Å².